The summed E-state index contributed by atoms with van der Waals surface area (Å²) in [7, 11) is 1.63. The molecule has 0 atom stereocenters. The second kappa shape index (κ2) is 6.17. The third kappa shape index (κ3) is 2.74. The number of fused-ring (bicyclic) bond motifs is 4. The van der Waals surface area contributed by atoms with E-state index in [1.54, 1.807) is 7.11 Å². The molecule has 27 heavy (non-hydrogen) atoms. The maximum atomic E-state index is 12.4. The van der Waals surface area contributed by atoms with Gasteiger partial charge in [0.25, 0.3) is 5.56 Å². The molecule has 0 aliphatic rings. The molecule has 3 heterocycles. The van der Waals surface area contributed by atoms with Crippen LogP contribution in [0.25, 0.3) is 33.1 Å². The van der Waals surface area contributed by atoms with Crippen LogP contribution in [0, 0.1) is 0 Å². The number of methoxy groups -OCH3 is 1. The first kappa shape index (κ1) is 16.0. The molecule has 134 valence electrons. The van der Waals surface area contributed by atoms with Crippen molar-refractivity contribution >= 4 is 44.9 Å². The summed E-state index contributed by atoms with van der Waals surface area (Å²) in [5, 5.41) is 1.58. The highest BCUT2D eigenvalue weighted by molar-refractivity contribution is 7.98. The third-order valence-corrected chi connectivity index (χ3v) is 5.18. The zero-order valence-electron chi connectivity index (χ0n) is 14.3. The summed E-state index contributed by atoms with van der Waals surface area (Å²) in [6.07, 6.45) is 0. The molecule has 0 fully saturated rings. The number of nitrogens with zero attached hydrogens (tertiary/aromatic N) is 2. The second-order valence-corrected chi connectivity index (χ2v) is 6.97. The van der Waals surface area contributed by atoms with Crippen molar-refractivity contribution in [3.8, 4) is 5.75 Å². The van der Waals surface area contributed by atoms with Crippen molar-refractivity contribution in [2.75, 3.05) is 7.11 Å². The lowest BCUT2D eigenvalue weighted by molar-refractivity contribution is 0.415. The molecule has 0 aliphatic carbocycles. The van der Waals surface area contributed by atoms with Crippen LogP contribution in [0.15, 0.2) is 56.8 Å². The quantitative estimate of drug-likeness (QED) is 0.461. The number of H-pyrrole nitrogens is 2. The van der Waals surface area contributed by atoms with Crippen LogP contribution in [0.4, 0.5) is 0 Å². The van der Waals surface area contributed by atoms with Gasteiger partial charge in [-0.05, 0) is 24.3 Å². The van der Waals surface area contributed by atoms with E-state index in [9.17, 15) is 4.79 Å². The molecule has 0 amide bonds. The van der Waals surface area contributed by atoms with E-state index in [0.29, 0.717) is 22.7 Å². The number of benzene rings is 2. The highest BCUT2D eigenvalue weighted by Gasteiger charge is 2.13. The van der Waals surface area contributed by atoms with Crippen LogP contribution in [0.3, 0.4) is 0 Å². The van der Waals surface area contributed by atoms with Crippen molar-refractivity contribution < 1.29 is 9.15 Å². The number of nitrogens with one attached hydrogen (secondary N) is 2. The number of hydrogen-bond acceptors (Lipinski definition) is 6. The van der Waals surface area contributed by atoms with Gasteiger partial charge in [-0.15, -0.1) is 0 Å². The Kier molecular flexibility index (Phi) is 3.64. The van der Waals surface area contributed by atoms with E-state index in [1.807, 2.05) is 42.5 Å². The molecule has 0 aliphatic heterocycles. The van der Waals surface area contributed by atoms with Gasteiger partial charge in [0.2, 0.25) is 5.58 Å². The maximum Gasteiger partial charge on any atom is 0.294 e. The first-order valence-corrected chi connectivity index (χ1v) is 9.27. The van der Waals surface area contributed by atoms with Gasteiger partial charge in [0.05, 0.1) is 23.9 Å². The number of furan rings is 1. The van der Waals surface area contributed by atoms with E-state index in [1.165, 1.54) is 11.8 Å². The Balaban J connectivity index is 1.47. The fourth-order valence-corrected chi connectivity index (χ4v) is 3.77. The van der Waals surface area contributed by atoms with Crippen LogP contribution in [0.5, 0.6) is 5.75 Å². The maximum absolute atomic E-state index is 12.4. The molecule has 0 saturated carbocycles. The highest BCUT2D eigenvalue weighted by Crippen LogP contribution is 2.27. The number of ether oxygens (including phenoxy) is 1. The molecule has 0 unspecified atom stereocenters. The Hall–Kier alpha value is -3.26. The summed E-state index contributed by atoms with van der Waals surface area (Å²) in [4.78, 5) is 27.5. The lowest BCUT2D eigenvalue weighted by Crippen LogP contribution is -2.10. The van der Waals surface area contributed by atoms with Crippen LogP contribution in [-0.4, -0.2) is 27.0 Å². The Morgan fingerprint density at radius 1 is 1.15 bits per heavy atom. The number of thioether (sulfide) groups is 1. The van der Waals surface area contributed by atoms with Gasteiger partial charge in [-0.25, -0.2) is 9.97 Å². The SMILES string of the molecule is COc1ccc2nc(SCc3nc4c(oc5ccccc54)c(=O)[nH]3)[nH]c2c1. The third-order valence-electron chi connectivity index (χ3n) is 4.29. The predicted octanol–water partition coefficient (Wildman–Crippen LogP) is 3.85. The fourth-order valence-electron chi connectivity index (χ4n) is 3.01. The van der Waals surface area contributed by atoms with Gasteiger partial charge >= 0.3 is 0 Å². The first-order valence-electron chi connectivity index (χ1n) is 8.28. The van der Waals surface area contributed by atoms with Crippen molar-refractivity contribution in [2.24, 2.45) is 0 Å². The normalized spacial score (nSPS) is 11.6. The van der Waals surface area contributed by atoms with Gasteiger partial charge < -0.3 is 19.1 Å². The summed E-state index contributed by atoms with van der Waals surface area (Å²) in [5.74, 6) is 1.81. The van der Waals surface area contributed by atoms with Crippen LogP contribution in [-0.2, 0) is 5.75 Å². The van der Waals surface area contributed by atoms with Crippen molar-refractivity contribution in [1.29, 1.82) is 0 Å². The van der Waals surface area contributed by atoms with Gasteiger partial charge in [-0.2, -0.15) is 0 Å². The number of hydrogen-bond donors (Lipinski definition) is 2. The van der Waals surface area contributed by atoms with Gasteiger partial charge in [0.1, 0.15) is 22.7 Å². The monoisotopic (exact) mass is 378 g/mol. The van der Waals surface area contributed by atoms with E-state index < -0.39 is 0 Å². The summed E-state index contributed by atoms with van der Waals surface area (Å²) in [5.41, 5.74) is 2.97. The minimum Gasteiger partial charge on any atom is -0.497 e. The average Bonchev–Trinajstić information content (AvgIpc) is 3.27. The van der Waals surface area contributed by atoms with Gasteiger partial charge in [0.15, 0.2) is 5.16 Å². The molecule has 0 saturated heterocycles. The van der Waals surface area contributed by atoms with Crippen molar-refractivity contribution in [2.45, 2.75) is 10.9 Å². The van der Waals surface area contributed by atoms with E-state index in [4.69, 9.17) is 9.15 Å². The minimum absolute atomic E-state index is 0.251. The first-order chi connectivity index (χ1) is 13.2. The number of para-hydroxylation sites is 1. The molecule has 5 aromatic rings. The zero-order valence-corrected chi connectivity index (χ0v) is 15.1. The molecule has 0 radical (unpaired) electrons. The Morgan fingerprint density at radius 2 is 2.04 bits per heavy atom. The number of rotatable bonds is 4. The number of aromatic nitrogens is 4. The van der Waals surface area contributed by atoms with Gasteiger partial charge in [-0.1, -0.05) is 23.9 Å². The summed E-state index contributed by atoms with van der Waals surface area (Å²) in [6, 6.07) is 13.2. The smallest absolute Gasteiger partial charge is 0.294 e. The minimum atomic E-state index is -0.277. The van der Waals surface area contributed by atoms with Gasteiger partial charge in [-0.3, -0.25) is 4.79 Å². The molecule has 3 aromatic heterocycles. The molecular formula is C19H14N4O3S. The van der Waals surface area contributed by atoms with E-state index >= 15 is 0 Å². The standard InChI is InChI=1S/C19H14N4O3S/c1-25-10-6-7-12-13(8-10)21-19(20-12)27-9-15-22-16-11-4-2-3-5-14(11)26-17(16)18(24)23-15/h2-8H,9H2,1H3,(H,20,21)(H,22,23,24). The summed E-state index contributed by atoms with van der Waals surface area (Å²) >= 11 is 1.47. The lowest BCUT2D eigenvalue weighted by atomic mass is 10.2. The highest BCUT2D eigenvalue weighted by atomic mass is 32.2. The molecule has 0 spiro atoms. The van der Waals surface area contributed by atoms with Crippen molar-refractivity contribution in [3.05, 3.63) is 58.6 Å². The largest absolute Gasteiger partial charge is 0.497 e. The molecule has 2 N–H and O–H groups in total. The zero-order chi connectivity index (χ0) is 18.4. The van der Waals surface area contributed by atoms with Crippen LogP contribution >= 0.6 is 11.8 Å². The molecule has 8 heteroatoms. The lowest BCUT2D eigenvalue weighted by Gasteiger charge is -1.99. The molecule has 7 nitrogen and oxygen atoms in total. The number of imidazole rings is 1. The van der Waals surface area contributed by atoms with Crippen molar-refractivity contribution in [1.82, 2.24) is 19.9 Å². The van der Waals surface area contributed by atoms with Crippen LogP contribution < -0.4 is 10.3 Å². The van der Waals surface area contributed by atoms with Crippen molar-refractivity contribution in [3.63, 3.8) is 0 Å². The van der Waals surface area contributed by atoms with E-state index in [-0.39, 0.29) is 11.1 Å². The summed E-state index contributed by atoms with van der Waals surface area (Å²) in [6.45, 7) is 0. The summed E-state index contributed by atoms with van der Waals surface area (Å²) < 4.78 is 10.8. The van der Waals surface area contributed by atoms with Gasteiger partial charge in [0, 0.05) is 11.5 Å². The van der Waals surface area contributed by atoms with Crippen LogP contribution in [0.2, 0.25) is 0 Å². The van der Waals surface area contributed by atoms with E-state index in [2.05, 4.69) is 19.9 Å². The number of aromatic amines is 2. The topological polar surface area (TPSA) is 96.8 Å². The Morgan fingerprint density at radius 3 is 2.93 bits per heavy atom. The average molecular weight is 378 g/mol. The van der Waals surface area contributed by atoms with Crippen LogP contribution in [0.1, 0.15) is 5.82 Å². The fraction of sp³-hybridized carbons (Fsp3) is 0.105. The van der Waals surface area contributed by atoms with E-state index in [0.717, 1.165) is 27.3 Å². The molecule has 2 aromatic carbocycles. The molecular weight excluding hydrogens is 364 g/mol. The molecule has 5 rings (SSSR count). The molecule has 0 bridgehead atoms. The Bertz CT molecular complexity index is 1350. The predicted molar refractivity (Wildman–Crippen MR) is 104 cm³/mol. The second-order valence-electron chi connectivity index (χ2n) is 6.00. The Labute approximate surface area is 156 Å².